The maximum atomic E-state index is 13.0. The first-order valence-electron chi connectivity index (χ1n) is 11.1. The van der Waals surface area contributed by atoms with Gasteiger partial charge in [0.15, 0.2) is 11.5 Å². The lowest BCUT2D eigenvalue weighted by Gasteiger charge is -2.39. The molecule has 5 rings (SSSR count). The lowest BCUT2D eigenvalue weighted by Crippen LogP contribution is -2.50. The molecule has 2 aromatic heterocycles. The number of piperazine rings is 1. The summed E-state index contributed by atoms with van der Waals surface area (Å²) in [6, 6.07) is 24.0. The van der Waals surface area contributed by atoms with E-state index in [2.05, 4.69) is 63.7 Å². The van der Waals surface area contributed by atoms with Gasteiger partial charge in [-0.1, -0.05) is 60.7 Å². The predicted octanol–water partition coefficient (Wildman–Crippen LogP) is 4.07. The monoisotopic (exact) mass is 456 g/mol. The molecular weight excluding hydrogens is 432 g/mol. The van der Waals surface area contributed by atoms with E-state index in [1.165, 1.54) is 29.7 Å². The van der Waals surface area contributed by atoms with Crippen LogP contribution in [0.3, 0.4) is 0 Å². The first-order valence-corrected chi connectivity index (χ1v) is 11.1. The van der Waals surface area contributed by atoms with E-state index in [0.717, 1.165) is 13.1 Å². The number of amides is 2. The third kappa shape index (κ3) is 4.62. The molecule has 172 valence electrons. The molecule has 0 atom stereocenters. The summed E-state index contributed by atoms with van der Waals surface area (Å²) in [5.41, 5.74) is 2.61. The van der Waals surface area contributed by atoms with Crippen molar-refractivity contribution >= 4 is 17.8 Å². The topological polar surface area (TPSA) is 91.8 Å². The lowest BCUT2D eigenvalue weighted by molar-refractivity contribution is 0.0591. The second kappa shape index (κ2) is 9.76. The summed E-state index contributed by atoms with van der Waals surface area (Å²) in [5, 5.41) is 2.49. The molecule has 1 fully saturated rings. The zero-order valence-electron chi connectivity index (χ0n) is 18.5. The molecular formula is C26H24N4O4. The normalized spacial score (nSPS) is 14.3. The van der Waals surface area contributed by atoms with Gasteiger partial charge in [0.25, 0.3) is 11.8 Å². The largest absolute Gasteiger partial charge is 0.459 e. The molecule has 1 aliphatic heterocycles. The van der Waals surface area contributed by atoms with Crippen LogP contribution in [0.25, 0.3) is 0 Å². The summed E-state index contributed by atoms with van der Waals surface area (Å²) in [6.45, 7) is 2.58. The second-order valence-corrected chi connectivity index (χ2v) is 8.02. The predicted molar refractivity (Wildman–Crippen MR) is 125 cm³/mol. The van der Waals surface area contributed by atoms with Crippen molar-refractivity contribution < 1.29 is 18.4 Å². The van der Waals surface area contributed by atoms with Crippen LogP contribution in [-0.2, 0) is 0 Å². The average Bonchev–Trinajstić information content (AvgIpc) is 3.59. The van der Waals surface area contributed by atoms with Gasteiger partial charge >= 0.3 is 6.01 Å². The van der Waals surface area contributed by atoms with Crippen LogP contribution in [-0.4, -0.2) is 52.8 Å². The quantitative estimate of drug-likeness (QED) is 0.470. The van der Waals surface area contributed by atoms with E-state index in [4.69, 9.17) is 8.83 Å². The number of nitrogens with one attached hydrogen (secondary N) is 1. The highest BCUT2D eigenvalue weighted by atomic mass is 16.4. The van der Waals surface area contributed by atoms with Gasteiger partial charge in [-0.05, 0) is 23.3 Å². The van der Waals surface area contributed by atoms with Gasteiger partial charge in [-0.2, -0.15) is 4.98 Å². The summed E-state index contributed by atoms with van der Waals surface area (Å²) in [6.07, 6.45) is 2.67. The van der Waals surface area contributed by atoms with Crippen molar-refractivity contribution in [2.45, 2.75) is 6.04 Å². The van der Waals surface area contributed by atoms with Crippen LogP contribution in [0.2, 0.25) is 0 Å². The average molecular weight is 457 g/mol. The minimum Gasteiger partial charge on any atom is -0.459 e. The van der Waals surface area contributed by atoms with Crippen molar-refractivity contribution in [1.29, 1.82) is 0 Å². The molecule has 0 unspecified atom stereocenters. The number of hydrogen-bond acceptors (Lipinski definition) is 6. The third-order valence-electron chi connectivity index (χ3n) is 5.89. The number of rotatable bonds is 6. The highest BCUT2D eigenvalue weighted by Crippen LogP contribution is 2.29. The lowest BCUT2D eigenvalue weighted by atomic mass is 9.96. The van der Waals surface area contributed by atoms with Gasteiger partial charge in [0.1, 0.15) is 6.26 Å². The molecule has 8 nitrogen and oxygen atoms in total. The number of benzene rings is 2. The van der Waals surface area contributed by atoms with Crippen LogP contribution >= 0.6 is 0 Å². The standard InChI is InChI=1S/C26H24N4O4/c31-24(22-12-7-17-33-22)28-26-27-21(18-34-26)25(32)30-15-13-29(14-16-30)23(19-8-3-1-4-9-19)20-10-5-2-6-11-20/h1-12,17-18,23H,13-16H2,(H,27,28,31). The van der Waals surface area contributed by atoms with E-state index in [-0.39, 0.29) is 29.4 Å². The smallest absolute Gasteiger partial charge is 0.302 e. The van der Waals surface area contributed by atoms with Crippen LogP contribution in [0.5, 0.6) is 0 Å². The van der Waals surface area contributed by atoms with E-state index in [0.29, 0.717) is 13.1 Å². The van der Waals surface area contributed by atoms with Crippen molar-refractivity contribution in [1.82, 2.24) is 14.8 Å². The summed E-state index contributed by atoms with van der Waals surface area (Å²) in [5.74, 6) is -0.584. The summed E-state index contributed by atoms with van der Waals surface area (Å²) >= 11 is 0. The third-order valence-corrected chi connectivity index (χ3v) is 5.89. The number of carbonyl (C=O) groups excluding carboxylic acids is 2. The van der Waals surface area contributed by atoms with Crippen LogP contribution in [0, 0.1) is 0 Å². The molecule has 34 heavy (non-hydrogen) atoms. The van der Waals surface area contributed by atoms with E-state index in [1.807, 2.05) is 12.1 Å². The Morgan fingerprint density at radius 3 is 2.06 bits per heavy atom. The highest BCUT2D eigenvalue weighted by molar-refractivity contribution is 6.01. The van der Waals surface area contributed by atoms with Gasteiger partial charge in [0.2, 0.25) is 0 Å². The van der Waals surface area contributed by atoms with Crippen molar-refractivity contribution in [3.8, 4) is 0 Å². The minimum atomic E-state index is -0.493. The van der Waals surface area contributed by atoms with E-state index in [1.54, 1.807) is 11.0 Å². The SMILES string of the molecule is O=C(Nc1nc(C(=O)N2CCN(C(c3ccccc3)c3ccccc3)CC2)co1)c1ccco1. The van der Waals surface area contributed by atoms with Gasteiger partial charge in [-0.3, -0.25) is 19.8 Å². The van der Waals surface area contributed by atoms with Gasteiger partial charge in [0, 0.05) is 26.2 Å². The fourth-order valence-corrected chi connectivity index (χ4v) is 4.23. The van der Waals surface area contributed by atoms with Gasteiger partial charge < -0.3 is 13.7 Å². The molecule has 0 aliphatic carbocycles. The fraction of sp³-hybridized carbons (Fsp3) is 0.192. The number of nitrogens with zero attached hydrogens (tertiary/aromatic N) is 3. The first kappa shape index (κ1) is 21.7. The Morgan fingerprint density at radius 1 is 0.824 bits per heavy atom. The Bertz CT molecular complexity index is 1190. The molecule has 0 bridgehead atoms. The van der Waals surface area contributed by atoms with Gasteiger partial charge in [-0.15, -0.1) is 0 Å². The van der Waals surface area contributed by atoms with Crippen LogP contribution in [0.1, 0.15) is 38.2 Å². The Kier molecular flexibility index (Phi) is 6.22. The zero-order valence-corrected chi connectivity index (χ0v) is 18.5. The number of anilines is 1. The van der Waals surface area contributed by atoms with Crippen LogP contribution in [0.4, 0.5) is 6.01 Å². The van der Waals surface area contributed by atoms with Crippen molar-refractivity contribution in [3.63, 3.8) is 0 Å². The molecule has 1 saturated heterocycles. The maximum Gasteiger partial charge on any atom is 0.302 e. The summed E-state index contributed by atoms with van der Waals surface area (Å²) in [7, 11) is 0. The molecule has 0 saturated carbocycles. The van der Waals surface area contributed by atoms with Crippen molar-refractivity contribution in [2.24, 2.45) is 0 Å². The molecule has 0 radical (unpaired) electrons. The molecule has 1 N–H and O–H groups in total. The van der Waals surface area contributed by atoms with Gasteiger partial charge in [-0.25, -0.2) is 0 Å². The van der Waals surface area contributed by atoms with Crippen LogP contribution < -0.4 is 5.32 Å². The summed E-state index contributed by atoms with van der Waals surface area (Å²) in [4.78, 5) is 33.4. The molecule has 0 spiro atoms. The number of oxazole rings is 1. The molecule has 4 aromatic rings. The molecule has 8 heteroatoms. The van der Waals surface area contributed by atoms with E-state index < -0.39 is 5.91 Å². The Morgan fingerprint density at radius 2 is 1.47 bits per heavy atom. The number of carbonyl (C=O) groups is 2. The van der Waals surface area contributed by atoms with Crippen LogP contribution in [0.15, 0.2) is 94.2 Å². The minimum absolute atomic E-state index is 0.0448. The molecule has 3 heterocycles. The highest BCUT2D eigenvalue weighted by Gasteiger charge is 2.29. The van der Waals surface area contributed by atoms with E-state index in [9.17, 15) is 9.59 Å². The number of aromatic nitrogens is 1. The fourth-order valence-electron chi connectivity index (χ4n) is 4.23. The number of hydrogen-bond donors (Lipinski definition) is 1. The maximum absolute atomic E-state index is 13.0. The second-order valence-electron chi connectivity index (χ2n) is 8.02. The van der Waals surface area contributed by atoms with E-state index >= 15 is 0 Å². The molecule has 2 amide bonds. The molecule has 1 aliphatic rings. The Hall–Kier alpha value is -4.17. The Labute approximate surface area is 196 Å². The van der Waals surface area contributed by atoms with Gasteiger partial charge in [0.05, 0.1) is 12.3 Å². The first-order chi connectivity index (χ1) is 16.7. The number of furan rings is 1. The summed E-state index contributed by atoms with van der Waals surface area (Å²) < 4.78 is 10.3. The zero-order chi connectivity index (χ0) is 23.3. The van der Waals surface area contributed by atoms with Crippen molar-refractivity contribution in [3.05, 3.63) is 108 Å². The van der Waals surface area contributed by atoms with Crippen molar-refractivity contribution in [2.75, 3.05) is 31.5 Å². The molecule has 2 aromatic carbocycles. The Balaban J connectivity index is 1.24.